The highest BCUT2D eigenvalue weighted by Gasteiger charge is 2.77. The lowest BCUT2D eigenvalue weighted by Crippen LogP contribution is -2.57. The van der Waals surface area contributed by atoms with Crippen LogP contribution in [-0.2, 0) is 4.74 Å². The number of hydrogen-bond donors (Lipinski definition) is 1. The maximum atomic E-state index is 9.25. The lowest BCUT2D eigenvalue weighted by atomic mass is 9.46. The van der Waals surface area contributed by atoms with Crippen molar-refractivity contribution in [2.45, 2.75) is 64.4 Å². The molecule has 3 unspecified atom stereocenters. The molecule has 1 aliphatic heterocycles. The predicted octanol–water partition coefficient (Wildman–Crippen LogP) is 5.21. The molecule has 1 spiro atoms. The number of oxime groups is 1. The first-order valence-corrected chi connectivity index (χ1v) is 11.4. The molecule has 3 heteroatoms. The van der Waals surface area contributed by atoms with Crippen LogP contribution in [0.5, 0.6) is 0 Å². The lowest BCUT2D eigenvalue weighted by Gasteiger charge is -2.60. The Morgan fingerprint density at radius 2 is 2.19 bits per heavy atom. The van der Waals surface area contributed by atoms with Gasteiger partial charge in [-0.05, 0) is 92.4 Å². The lowest BCUT2D eigenvalue weighted by molar-refractivity contribution is -0.150. The summed E-state index contributed by atoms with van der Waals surface area (Å²) in [5.74, 6) is 5.75. The molecule has 0 radical (unpaired) electrons. The van der Waals surface area contributed by atoms with Gasteiger partial charge in [0.05, 0.1) is 17.9 Å². The molecule has 1 N–H and O–H groups in total. The maximum Gasteiger partial charge on any atom is 0.0957 e. The van der Waals surface area contributed by atoms with Crippen molar-refractivity contribution in [2.75, 3.05) is 6.61 Å². The van der Waals surface area contributed by atoms with Gasteiger partial charge in [-0.25, -0.2) is 0 Å². The Bertz CT molecular complexity index is 753. The average molecular weight is 368 g/mol. The third-order valence-corrected chi connectivity index (χ3v) is 9.92. The monoisotopic (exact) mass is 367 g/mol. The zero-order chi connectivity index (χ0) is 18.4. The van der Waals surface area contributed by atoms with E-state index >= 15 is 0 Å². The van der Waals surface area contributed by atoms with Crippen molar-refractivity contribution in [2.24, 2.45) is 52.0 Å². The van der Waals surface area contributed by atoms with Gasteiger partial charge in [0, 0.05) is 5.41 Å². The molecule has 27 heavy (non-hydrogen) atoms. The molecule has 0 saturated heterocycles. The summed E-state index contributed by atoms with van der Waals surface area (Å²) >= 11 is 0. The highest BCUT2D eigenvalue weighted by atomic mass is 16.5. The van der Waals surface area contributed by atoms with Gasteiger partial charge in [-0.1, -0.05) is 36.7 Å². The first-order valence-electron chi connectivity index (χ1n) is 11.4. The van der Waals surface area contributed by atoms with Crippen LogP contribution in [0.15, 0.2) is 29.0 Å². The van der Waals surface area contributed by atoms with Crippen molar-refractivity contribution in [3.8, 4) is 0 Å². The Kier molecular flexibility index (Phi) is 3.42. The summed E-state index contributed by atoms with van der Waals surface area (Å²) in [5.41, 5.74) is 2.94. The Morgan fingerprint density at radius 1 is 1.30 bits per heavy atom. The summed E-state index contributed by atoms with van der Waals surface area (Å²) in [6, 6.07) is 0. The van der Waals surface area contributed by atoms with E-state index in [1.165, 1.54) is 38.5 Å². The number of hydrogen-bond acceptors (Lipinski definition) is 3. The average Bonchev–Trinajstić information content (AvgIpc) is 3.27. The van der Waals surface area contributed by atoms with Crippen molar-refractivity contribution in [3.63, 3.8) is 0 Å². The Labute approximate surface area is 162 Å². The zero-order valence-electron chi connectivity index (χ0n) is 16.7. The van der Waals surface area contributed by atoms with Crippen molar-refractivity contribution in [3.05, 3.63) is 23.8 Å². The normalized spacial score (nSPS) is 56.4. The van der Waals surface area contributed by atoms with Crippen LogP contribution in [0.4, 0.5) is 0 Å². The van der Waals surface area contributed by atoms with Crippen LogP contribution in [0.1, 0.15) is 58.8 Å². The minimum absolute atomic E-state index is 0.0706. The van der Waals surface area contributed by atoms with Crippen molar-refractivity contribution >= 4 is 5.71 Å². The van der Waals surface area contributed by atoms with Gasteiger partial charge in [-0.3, -0.25) is 0 Å². The van der Waals surface area contributed by atoms with E-state index < -0.39 is 0 Å². The molecule has 0 aromatic rings. The summed E-state index contributed by atoms with van der Waals surface area (Å²) in [6.45, 7) is 5.79. The number of nitrogens with zero attached hydrogens (tertiary/aromatic N) is 1. The van der Waals surface area contributed by atoms with Crippen LogP contribution >= 0.6 is 0 Å². The molecule has 0 aromatic carbocycles. The summed E-state index contributed by atoms with van der Waals surface area (Å²) in [5, 5.41) is 12.8. The third kappa shape index (κ3) is 1.90. The highest BCUT2D eigenvalue weighted by molar-refractivity contribution is 5.96. The molecule has 6 rings (SSSR count). The van der Waals surface area contributed by atoms with Gasteiger partial charge in [0.15, 0.2) is 0 Å². The first-order chi connectivity index (χ1) is 13.1. The molecule has 6 aliphatic rings. The first kappa shape index (κ1) is 16.8. The van der Waals surface area contributed by atoms with Crippen LogP contribution in [0.25, 0.3) is 0 Å². The van der Waals surface area contributed by atoms with E-state index in [-0.39, 0.29) is 5.60 Å². The predicted molar refractivity (Wildman–Crippen MR) is 106 cm³/mol. The number of ether oxygens (including phenoxy) is 1. The van der Waals surface area contributed by atoms with E-state index in [4.69, 9.17) is 4.74 Å². The summed E-state index contributed by atoms with van der Waals surface area (Å²) in [4.78, 5) is 0. The Balaban J connectivity index is 1.41. The highest BCUT2D eigenvalue weighted by Crippen LogP contribution is 2.79. The van der Waals surface area contributed by atoms with Crippen LogP contribution in [-0.4, -0.2) is 23.1 Å². The van der Waals surface area contributed by atoms with E-state index in [0.29, 0.717) is 5.41 Å². The van der Waals surface area contributed by atoms with Crippen LogP contribution in [0.3, 0.4) is 0 Å². The van der Waals surface area contributed by atoms with E-state index in [9.17, 15) is 5.21 Å². The topological polar surface area (TPSA) is 41.8 Å². The summed E-state index contributed by atoms with van der Waals surface area (Å²) in [7, 11) is 0. The fourth-order valence-electron chi connectivity index (χ4n) is 9.14. The van der Waals surface area contributed by atoms with E-state index in [0.717, 1.165) is 60.2 Å². The molecule has 0 aromatic heterocycles. The molecule has 0 amide bonds. The van der Waals surface area contributed by atoms with Gasteiger partial charge in [-0.15, -0.1) is 0 Å². The molecule has 4 saturated carbocycles. The number of fused-ring (bicyclic) bond motifs is 9. The van der Waals surface area contributed by atoms with Gasteiger partial charge in [0.25, 0.3) is 0 Å². The van der Waals surface area contributed by atoms with Gasteiger partial charge >= 0.3 is 0 Å². The Morgan fingerprint density at radius 3 is 2.93 bits per heavy atom. The standard InChI is InChI=1S/C24H33NO2/c1-3-23-9-7-18-17-6-5-16(25-26)12-15(17)11-14(2)21(18)22(23)19-13-20(19)24(23)8-4-10-27-24/h4,8,12,14,17-22,26H,3,5-7,9-11,13H2,1-2H3/b25-16+/t14-,17-,18?,19+,20-,21?,22?,23-,24-/m0/s1. The Hall–Kier alpha value is -1.09. The summed E-state index contributed by atoms with van der Waals surface area (Å²) < 4.78 is 6.60. The number of allylic oxidation sites excluding steroid dienone is 2. The van der Waals surface area contributed by atoms with Crippen LogP contribution in [0, 0.1) is 46.8 Å². The zero-order valence-corrected chi connectivity index (χ0v) is 16.7. The number of rotatable bonds is 1. The maximum absolute atomic E-state index is 9.25. The van der Waals surface area contributed by atoms with E-state index in [2.05, 4.69) is 37.2 Å². The SMILES string of the molecule is CC[C@]12CCC3C(C1[C@@H]1C[C@@H]1[C@@]21C=CCO1)[C@@H](C)CC1=C/C(=N/O)CC[C@@H]13. The van der Waals surface area contributed by atoms with Gasteiger partial charge < -0.3 is 9.94 Å². The van der Waals surface area contributed by atoms with Gasteiger partial charge in [-0.2, -0.15) is 0 Å². The molecule has 3 nitrogen and oxygen atoms in total. The second-order valence-corrected chi connectivity index (χ2v) is 10.5. The smallest absolute Gasteiger partial charge is 0.0957 e. The van der Waals surface area contributed by atoms with Gasteiger partial charge in [0.1, 0.15) is 0 Å². The van der Waals surface area contributed by atoms with Crippen molar-refractivity contribution < 1.29 is 9.94 Å². The second kappa shape index (κ2) is 5.49. The van der Waals surface area contributed by atoms with Crippen molar-refractivity contribution in [1.29, 1.82) is 0 Å². The molecule has 9 atom stereocenters. The minimum atomic E-state index is 0.0706. The molecule has 146 valence electrons. The van der Waals surface area contributed by atoms with Crippen molar-refractivity contribution in [1.82, 2.24) is 0 Å². The fraction of sp³-hybridized carbons (Fsp3) is 0.792. The molecule has 0 bridgehead atoms. The quantitative estimate of drug-likeness (QED) is 0.393. The summed E-state index contributed by atoms with van der Waals surface area (Å²) in [6.07, 6.45) is 15.8. The van der Waals surface area contributed by atoms with Crippen LogP contribution < -0.4 is 0 Å². The minimum Gasteiger partial charge on any atom is -0.411 e. The fourth-order valence-corrected chi connectivity index (χ4v) is 9.14. The second-order valence-electron chi connectivity index (χ2n) is 10.5. The largest absolute Gasteiger partial charge is 0.411 e. The van der Waals surface area contributed by atoms with Crippen LogP contribution in [0.2, 0.25) is 0 Å². The third-order valence-electron chi connectivity index (χ3n) is 9.92. The molecular weight excluding hydrogens is 334 g/mol. The molecule has 1 heterocycles. The van der Waals surface area contributed by atoms with E-state index in [1.54, 1.807) is 5.57 Å². The molecular formula is C24H33NO2. The van der Waals surface area contributed by atoms with E-state index in [1.807, 2.05) is 0 Å². The molecule has 5 aliphatic carbocycles. The molecule has 4 fully saturated rings. The van der Waals surface area contributed by atoms with Gasteiger partial charge in [0.2, 0.25) is 0 Å².